The average Bonchev–Trinajstić information content (AvgIpc) is 2.45. The standard InChI is InChI=1S/C17H18N2/c1-3-5-14(11-18)16-8-13(2)9-17(10-16)15-6-4-7-19-12-15/h3-12H,18H2,1-2H3/p+1. The van der Waals surface area contributed by atoms with Gasteiger partial charge >= 0.3 is 0 Å². The number of nitrogens with one attached hydrogen (secondary N) is 1. The molecule has 0 saturated carbocycles. The molecule has 0 bridgehead atoms. The maximum atomic E-state index is 5.71. The third-order valence-electron chi connectivity index (χ3n) is 2.98. The molecular formula is C17H19N2+. The van der Waals surface area contributed by atoms with Gasteiger partial charge in [0.25, 0.3) is 0 Å². The van der Waals surface area contributed by atoms with Crippen molar-refractivity contribution in [3.05, 3.63) is 72.2 Å². The molecule has 0 fully saturated rings. The molecule has 1 aromatic heterocycles. The molecule has 0 atom stereocenters. The molecule has 2 nitrogen and oxygen atoms in total. The topological polar surface area (TPSA) is 40.2 Å². The number of aromatic nitrogens is 1. The maximum Gasteiger partial charge on any atom is 0.174 e. The number of aromatic amines is 1. The van der Waals surface area contributed by atoms with Gasteiger partial charge in [-0.3, -0.25) is 0 Å². The molecule has 1 heterocycles. The van der Waals surface area contributed by atoms with Crippen molar-refractivity contribution in [2.24, 2.45) is 5.73 Å². The minimum Gasteiger partial charge on any atom is -0.404 e. The molecule has 0 aliphatic rings. The second-order valence-electron chi connectivity index (χ2n) is 4.50. The van der Waals surface area contributed by atoms with Crippen molar-refractivity contribution >= 4 is 5.57 Å². The third kappa shape index (κ3) is 3.10. The quantitative estimate of drug-likeness (QED) is 0.835. The fraction of sp³-hybridized carbons (Fsp3) is 0.118. The van der Waals surface area contributed by atoms with Crippen LogP contribution >= 0.6 is 0 Å². The van der Waals surface area contributed by atoms with Crippen LogP contribution in [-0.4, -0.2) is 0 Å². The van der Waals surface area contributed by atoms with Gasteiger partial charge in [-0.05, 0) is 48.2 Å². The normalized spacial score (nSPS) is 12.0. The number of H-pyrrole nitrogens is 1. The summed E-state index contributed by atoms with van der Waals surface area (Å²) < 4.78 is 0. The Morgan fingerprint density at radius 3 is 2.68 bits per heavy atom. The monoisotopic (exact) mass is 251 g/mol. The van der Waals surface area contributed by atoms with Crippen LogP contribution in [0.2, 0.25) is 0 Å². The van der Waals surface area contributed by atoms with Crippen molar-refractivity contribution in [3.8, 4) is 11.1 Å². The van der Waals surface area contributed by atoms with E-state index < -0.39 is 0 Å². The summed E-state index contributed by atoms with van der Waals surface area (Å²) in [5, 5.41) is 0. The second-order valence-corrected chi connectivity index (χ2v) is 4.50. The Morgan fingerprint density at radius 1 is 1.21 bits per heavy atom. The number of benzene rings is 1. The van der Waals surface area contributed by atoms with E-state index in [1.807, 2.05) is 37.5 Å². The van der Waals surface area contributed by atoms with Gasteiger partial charge in [0, 0.05) is 17.8 Å². The zero-order chi connectivity index (χ0) is 13.7. The SMILES string of the molecule is CC=CC(=CN)c1cc(C)cc(-c2ccc[nH+]c2)c1. The number of aryl methyl sites for hydroxylation is 1. The van der Waals surface area contributed by atoms with Gasteiger partial charge in [0.2, 0.25) is 0 Å². The second kappa shape index (κ2) is 6.01. The van der Waals surface area contributed by atoms with Gasteiger partial charge in [0.05, 0.1) is 0 Å². The van der Waals surface area contributed by atoms with Crippen LogP contribution in [0.25, 0.3) is 16.7 Å². The molecule has 3 N–H and O–H groups in total. The van der Waals surface area contributed by atoms with Crippen LogP contribution in [0.5, 0.6) is 0 Å². The van der Waals surface area contributed by atoms with E-state index in [0.29, 0.717) is 0 Å². The Morgan fingerprint density at radius 2 is 2.05 bits per heavy atom. The number of allylic oxidation sites excluding steroid dienone is 3. The first-order valence-electron chi connectivity index (χ1n) is 6.37. The lowest BCUT2D eigenvalue weighted by atomic mass is 9.97. The highest BCUT2D eigenvalue weighted by Crippen LogP contribution is 2.25. The molecule has 0 radical (unpaired) electrons. The predicted octanol–water partition coefficient (Wildman–Crippen LogP) is 3.35. The van der Waals surface area contributed by atoms with Gasteiger partial charge in [-0.15, -0.1) is 0 Å². The third-order valence-corrected chi connectivity index (χ3v) is 2.98. The number of hydrogen-bond acceptors (Lipinski definition) is 1. The van der Waals surface area contributed by atoms with Crippen LogP contribution in [0.15, 0.2) is 61.1 Å². The van der Waals surface area contributed by atoms with Crippen LogP contribution in [0, 0.1) is 6.92 Å². The Kier molecular flexibility index (Phi) is 4.14. The molecule has 96 valence electrons. The molecule has 0 saturated heterocycles. The first kappa shape index (κ1) is 13.1. The van der Waals surface area contributed by atoms with Crippen LogP contribution in [0.1, 0.15) is 18.1 Å². The van der Waals surface area contributed by atoms with E-state index in [9.17, 15) is 0 Å². The molecule has 0 aliphatic heterocycles. The predicted molar refractivity (Wildman–Crippen MR) is 80.1 cm³/mol. The van der Waals surface area contributed by atoms with Gasteiger partial charge in [-0.1, -0.05) is 24.3 Å². The fourth-order valence-corrected chi connectivity index (χ4v) is 2.12. The first-order valence-corrected chi connectivity index (χ1v) is 6.37. The summed E-state index contributed by atoms with van der Waals surface area (Å²) in [7, 11) is 0. The van der Waals surface area contributed by atoms with E-state index in [0.717, 1.165) is 11.1 Å². The summed E-state index contributed by atoms with van der Waals surface area (Å²) in [5.74, 6) is 0. The summed E-state index contributed by atoms with van der Waals surface area (Å²) in [4.78, 5) is 3.11. The minimum absolute atomic E-state index is 1.03. The highest BCUT2D eigenvalue weighted by Gasteiger charge is 2.05. The van der Waals surface area contributed by atoms with Crippen molar-refractivity contribution in [3.63, 3.8) is 0 Å². The first-order chi connectivity index (χ1) is 9.24. The van der Waals surface area contributed by atoms with E-state index in [-0.39, 0.29) is 0 Å². The van der Waals surface area contributed by atoms with Crippen molar-refractivity contribution in [2.75, 3.05) is 0 Å². The fourth-order valence-electron chi connectivity index (χ4n) is 2.12. The van der Waals surface area contributed by atoms with Crippen LogP contribution < -0.4 is 10.7 Å². The molecule has 0 amide bonds. The molecule has 2 aromatic rings. The van der Waals surface area contributed by atoms with Gasteiger partial charge in [-0.2, -0.15) is 0 Å². The van der Waals surface area contributed by atoms with Crippen molar-refractivity contribution < 1.29 is 4.98 Å². The van der Waals surface area contributed by atoms with Gasteiger partial charge in [0.15, 0.2) is 12.4 Å². The van der Waals surface area contributed by atoms with Gasteiger partial charge in [0.1, 0.15) is 0 Å². The number of hydrogen-bond donors (Lipinski definition) is 1. The molecule has 2 rings (SSSR count). The van der Waals surface area contributed by atoms with E-state index in [1.54, 1.807) is 6.20 Å². The largest absolute Gasteiger partial charge is 0.404 e. The molecule has 0 aliphatic carbocycles. The maximum absolute atomic E-state index is 5.71. The van der Waals surface area contributed by atoms with Crippen LogP contribution in [-0.2, 0) is 0 Å². The Bertz CT molecular complexity index is 610. The van der Waals surface area contributed by atoms with E-state index >= 15 is 0 Å². The number of pyridine rings is 1. The highest BCUT2D eigenvalue weighted by atomic mass is 14.6. The highest BCUT2D eigenvalue weighted by molar-refractivity contribution is 5.77. The Labute approximate surface area is 114 Å². The van der Waals surface area contributed by atoms with Crippen LogP contribution in [0.4, 0.5) is 0 Å². The Balaban J connectivity index is 2.52. The lowest BCUT2D eigenvalue weighted by Crippen LogP contribution is -1.98. The van der Waals surface area contributed by atoms with Gasteiger partial charge < -0.3 is 5.73 Å². The zero-order valence-electron chi connectivity index (χ0n) is 11.4. The van der Waals surface area contributed by atoms with Crippen LogP contribution in [0.3, 0.4) is 0 Å². The summed E-state index contributed by atoms with van der Waals surface area (Å²) in [5.41, 5.74) is 11.5. The molecular weight excluding hydrogens is 232 g/mol. The van der Waals surface area contributed by atoms with Crippen molar-refractivity contribution in [1.82, 2.24) is 0 Å². The summed E-state index contributed by atoms with van der Waals surface area (Å²) in [6, 6.07) is 10.6. The van der Waals surface area contributed by atoms with E-state index in [4.69, 9.17) is 5.73 Å². The summed E-state index contributed by atoms with van der Waals surface area (Å²) in [6.45, 7) is 4.09. The van der Waals surface area contributed by atoms with Crippen molar-refractivity contribution in [2.45, 2.75) is 13.8 Å². The molecule has 0 spiro atoms. The minimum atomic E-state index is 1.03. The molecule has 1 aromatic carbocycles. The number of nitrogens with two attached hydrogens (primary N) is 1. The lowest BCUT2D eigenvalue weighted by molar-refractivity contribution is -0.377. The zero-order valence-corrected chi connectivity index (χ0v) is 11.4. The lowest BCUT2D eigenvalue weighted by Gasteiger charge is -2.07. The Hall–Kier alpha value is -2.35. The molecule has 2 heteroatoms. The summed E-state index contributed by atoms with van der Waals surface area (Å²) in [6.07, 6.45) is 9.58. The average molecular weight is 251 g/mol. The molecule has 0 unspecified atom stereocenters. The smallest absolute Gasteiger partial charge is 0.174 e. The van der Waals surface area contributed by atoms with E-state index in [1.165, 1.54) is 16.7 Å². The number of rotatable bonds is 3. The van der Waals surface area contributed by atoms with E-state index in [2.05, 4.69) is 36.2 Å². The van der Waals surface area contributed by atoms with Crippen molar-refractivity contribution in [1.29, 1.82) is 0 Å². The summed E-state index contributed by atoms with van der Waals surface area (Å²) >= 11 is 0. The molecule has 19 heavy (non-hydrogen) atoms. The van der Waals surface area contributed by atoms with Gasteiger partial charge in [-0.25, -0.2) is 4.98 Å².